The van der Waals surface area contributed by atoms with E-state index in [0.29, 0.717) is 23.5 Å². The maximum Gasteiger partial charge on any atom is 0.286 e. The fourth-order valence-corrected chi connectivity index (χ4v) is 3.61. The van der Waals surface area contributed by atoms with Crippen molar-refractivity contribution in [2.24, 2.45) is 12.8 Å². The molecule has 3 heterocycles. The summed E-state index contributed by atoms with van der Waals surface area (Å²) in [5.74, 6) is -1.36. The fourth-order valence-electron chi connectivity index (χ4n) is 3.09. The number of nitrogens with one attached hydrogen (secondary N) is 2. The van der Waals surface area contributed by atoms with E-state index in [1.165, 1.54) is 10.7 Å². The summed E-state index contributed by atoms with van der Waals surface area (Å²) in [6.07, 6.45) is 3.65. The highest BCUT2D eigenvalue weighted by Gasteiger charge is 2.17. The first-order chi connectivity index (χ1) is 13.7. The number of nitrogens with zero attached hydrogens (tertiary/aromatic N) is 4. The number of carbonyl (C=O) groups is 3. The van der Waals surface area contributed by atoms with Crippen LogP contribution in [0.3, 0.4) is 0 Å². The minimum atomic E-state index is -0.598. The Labute approximate surface area is 174 Å². The summed E-state index contributed by atoms with van der Waals surface area (Å²) < 4.78 is 3.95. The predicted octanol–water partition coefficient (Wildman–Crippen LogP) is 0.940. The van der Waals surface area contributed by atoms with Gasteiger partial charge in [-0.3, -0.25) is 25.2 Å². The second-order valence-electron chi connectivity index (χ2n) is 6.58. The predicted molar refractivity (Wildman–Crippen MR) is 108 cm³/mol. The smallest absolute Gasteiger partial charge is 0.286 e. The Morgan fingerprint density at radius 2 is 1.97 bits per heavy atom. The van der Waals surface area contributed by atoms with E-state index >= 15 is 0 Å². The van der Waals surface area contributed by atoms with E-state index in [1.807, 2.05) is 6.92 Å². The second-order valence-corrected chi connectivity index (χ2v) is 7.49. The molecule has 3 amide bonds. The van der Waals surface area contributed by atoms with Gasteiger partial charge >= 0.3 is 0 Å². The molecule has 29 heavy (non-hydrogen) atoms. The molecule has 0 saturated heterocycles. The molecule has 3 aromatic heterocycles. The van der Waals surface area contributed by atoms with Crippen molar-refractivity contribution in [3.8, 4) is 0 Å². The van der Waals surface area contributed by atoms with E-state index in [2.05, 4.69) is 36.9 Å². The van der Waals surface area contributed by atoms with Crippen molar-refractivity contribution in [3.05, 3.63) is 51.1 Å². The topological polar surface area (TPSA) is 136 Å². The van der Waals surface area contributed by atoms with Crippen LogP contribution in [0.15, 0.2) is 22.9 Å². The molecule has 0 unspecified atom stereocenters. The lowest BCUT2D eigenvalue weighted by Gasteiger charge is -2.12. The van der Waals surface area contributed by atoms with Gasteiger partial charge in [0.05, 0.1) is 6.20 Å². The first kappa shape index (κ1) is 20.5. The summed E-state index contributed by atoms with van der Waals surface area (Å²) >= 11 is 3.30. The van der Waals surface area contributed by atoms with Crippen molar-refractivity contribution >= 4 is 39.3 Å². The number of carbonyl (C=O) groups excluding carboxylic acids is 3. The summed E-state index contributed by atoms with van der Waals surface area (Å²) in [6, 6.07) is 1.65. The number of nitrogens with two attached hydrogens (primary N) is 1. The van der Waals surface area contributed by atoms with Gasteiger partial charge in [-0.05, 0) is 47.8 Å². The molecule has 11 heteroatoms. The van der Waals surface area contributed by atoms with Crippen molar-refractivity contribution < 1.29 is 14.4 Å². The summed E-state index contributed by atoms with van der Waals surface area (Å²) in [4.78, 5) is 40.2. The number of aromatic nitrogens is 4. The van der Waals surface area contributed by atoms with Gasteiger partial charge in [0.15, 0.2) is 5.65 Å². The fraction of sp³-hybridized carbons (Fsp3) is 0.278. The van der Waals surface area contributed by atoms with Crippen LogP contribution in [0, 0.1) is 13.8 Å². The number of fused-ring (bicyclic) bond motifs is 1. The van der Waals surface area contributed by atoms with Gasteiger partial charge in [0.25, 0.3) is 11.8 Å². The van der Waals surface area contributed by atoms with Crippen LogP contribution in [0.5, 0.6) is 0 Å². The third-order valence-electron chi connectivity index (χ3n) is 4.60. The number of hydrogen-bond acceptors (Lipinski definition) is 5. The molecule has 0 radical (unpaired) electrons. The number of halogens is 1. The van der Waals surface area contributed by atoms with Crippen LogP contribution in [0.25, 0.3) is 5.65 Å². The van der Waals surface area contributed by atoms with Crippen molar-refractivity contribution in [2.75, 3.05) is 0 Å². The van der Waals surface area contributed by atoms with Crippen LogP contribution in [0.4, 0.5) is 0 Å². The maximum atomic E-state index is 12.2. The number of hydrazine groups is 1. The standard InChI is InChI=1S/C18H20BrN7O3/c1-9-12(10(2)26-17(22-9)13(7-21-26)16(20)28)4-5-15(27)23-24-18(29)14-6-11(19)8-25(14)3/h6-8H,4-5H2,1-3H3,(H2,20,28)(H,23,27)(H,24,29). The lowest BCUT2D eigenvalue weighted by molar-refractivity contribution is -0.121. The molecule has 0 aromatic carbocycles. The SMILES string of the molecule is Cc1nc2c(C(N)=O)cnn2c(C)c1CCC(=O)NNC(=O)c1cc(Br)cn1C. The average molecular weight is 462 g/mol. The van der Waals surface area contributed by atoms with Gasteiger partial charge in [0, 0.05) is 35.5 Å². The van der Waals surface area contributed by atoms with Crippen molar-refractivity contribution in [1.82, 2.24) is 30.0 Å². The van der Waals surface area contributed by atoms with E-state index in [9.17, 15) is 14.4 Å². The zero-order valence-electron chi connectivity index (χ0n) is 16.1. The molecule has 0 bridgehead atoms. The number of primary amides is 1. The van der Waals surface area contributed by atoms with E-state index < -0.39 is 11.8 Å². The highest BCUT2D eigenvalue weighted by Crippen LogP contribution is 2.18. The molecule has 3 aromatic rings. The molecule has 0 spiro atoms. The molecule has 4 N–H and O–H groups in total. The Balaban J connectivity index is 1.66. The number of amides is 3. The lowest BCUT2D eigenvalue weighted by atomic mass is 10.1. The van der Waals surface area contributed by atoms with Crippen LogP contribution in [-0.4, -0.2) is 36.9 Å². The average Bonchev–Trinajstić information content (AvgIpc) is 3.22. The molecule has 3 rings (SSSR count). The molecule has 0 atom stereocenters. The highest BCUT2D eigenvalue weighted by molar-refractivity contribution is 9.10. The van der Waals surface area contributed by atoms with Crippen LogP contribution in [0.1, 0.15) is 44.2 Å². The van der Waals surface area contributed by atoms with E-state index in [4.69, 9.17) is 5.73 Å². The summed E-state index contributed by atoms with van der Waals surface area (Å²) in [5.41, 5.74) is 13.5. The molecule has 10 nitrogen and oxygen atoms in total. The molecular weight excluding hydrogens is 442 g/mol. The van der Waals surface area contributed by atoms with E-state index in [1.54, 1.807) is 30.8 Å². The van der Waals surface area contributed by atoms with Crippen molar-refractivity contribution in [3.63, 3.8) is 0 Å². The monoisotopic (exact) mass is 461 g/mol. The Bertz CT molecular complexity index is 1130. The van der Waals surface area contributed by atoms with Crippen molar-refractivity contribution in [2.45, 2.75) is 26.7 Å². The van der Waals surface area contributed by atoms with Gasteiger partial charge in [-0.15, -0.1) is 0 Å². The molecule has 152 valence electrons. The molecular formula is C18H20BrN7O3. The molecule has 0 aliphatic heterocycles. The Morgan fingerprint density at radius 1 is 1.24 bits per heavy atom. The van der Waals surface area contributed by atoms with Crippen molar-refractivity contribution in [1.29, 1.82) is 0 Å². The minimum Gasteiger partial charge on any atom is -0.365 e. The molecule has 0 saturated carbocycles. The zero-order chi connectivity index (χ0) is 21.3. The van der Waals surface area contributed by atoms with Crippen LogP contribution in [0.2, 0.25) is 0 Å². The third kappa shape index (κ3) is 4.14. The maximum absolute atomic E-state index is 12.2. The Hall–Kier alpha value is -3.21. The van der Waals surface area contributed by atoms with Crippen LogP contribution < -0.4 is 16.6 Å². The van der Waals surface area contributed by atoms with E-state index in [0.717, 1.165) is 15.7 Å². The minimum absolute atomic E-state index is 0.135. The van der Waals surface area contributed by atoms with Crippen LogP contribution >= 0.6 is 15.9 Å². The Kier molecular flexibility index (Phi) is 5.69. The van der Waals surface area contributed by atoms with Gasteiger partial charge in [-0.25, -0.2) is 9.50 Å². The number of rotatable bonds is 5. The van der Waals surface area contributed by atoms with E-state index in [-0.39, 0.29) is 17.9 Å². The zero-order valence-corrected chi connectivity index (χ0v) is 17.7. The van der Waals surface area contributed by atoms with Gasteiger partial charge in [-0.2, -0.15) is 5.10 Å². The number of hydrogen-bond donors (Lipinski definition) is 3. The summed E-state index contributed by atoms with van der Waals surface area (Å²) in [7, 11) is 1.73. The quantitative estimate of drug-likeness (QED) is 0.485. The Morgan fingerprint density at radius 3 is 2.59 bits per heavy atom. The normalized spacial score (nSPS) is 10.9. The van der Waals surface area contributed by atoms with Gasteiger partial charge in [-0.1, -0.05) is 0 Å². The van der Waals surface area contributed by atoms with Gasteiger partial charge < -0.3 is 10.3 Å². The molecule has 0 aliphatic carbocycles. The number of aryl methyl sites for hydroxylation is 3. The van der Waals surface area contributed by atoms with Gasteiger partial charge in [0.2, 0.25) is 5.91 Å². The lowest BCUT2D eigenvalue weighted by Crippen LogP contribution is -2.42. The summed E-state index contributed by atoms with van der Waals surface area (Å²) in [5, 5.41) is 4.16. The molecule has 0 aliphatic rings. The first-order valence-corrected chi connectivity index (χ1v) is 9.53. The largest absolute Gasteiger partial charge is 0.365 e. The van der Waals surface area contributed by atoms with Crippen LogP contribution in [-0.2, 0) is 18.3 Å². The third-order valence-corrected chi connectivity index (χ3v) is 5.03. The first-order valence-electron chi connectivity index (χ1n) is 8.73. The van der Waals surface area contributed by atoms with Gasteiger partial charge in [0.1, 0.15) is 11.3 Å². The second kappa shape index (κ2) is 8.03. The highest BCUT2D eigenvalue weighted by atomic mass is 79.9. The summed E-state index contributed by atoms with van der Waals surface area (Å²) in [6.45, 7) is 3.63. The molecule has 0 fully saturated rings.